The summed E-state index contributed by atoms with van der Waals surface area (Å²) >= 11 is 0. The maximum atomic E-state index is 11.3. The fraction of sp³-hybridized carbons (Fsp3) is 0.917. The number of hydrogen-bond donors (Lipinski definition) is 1. The molecule has 1 N–H and O–H groups in total. The van der Waals surface area contributed by atoms with Crippen LogP contribution >= 0.6 is 0 Å². The fourth-order valence-corrected chi connectivity index (χ4v) is 3.43. The van der Waals surface area contributed by atoms with Gasteiger partial charge in [0.05, 0.1) is 17.6 Å². The minimum absolute atomic E-state index is 0.244. The zero-order valence-electron chi connectivity index (χ0n) is 11.4. The number of sulfone groups is 1. The van der Waals surface area contributed by atoms with Crippen LogP contribution in [0.1, 0.15) is 27.2 Å². The molecule has 1 rings (SSSR count). The molecular formula is C12H23N3O2S. The van der Waals surface area contributed by atoms with Gasteiger partial charge in [0.2, 0.25) is 0 Å². The van der Waals surface area contributed by atoms with E-state index in [0.717, 1.165) is 6.54 Å². The standard InChI is InChI=1S/C12H23N3O2S/c1-11(2)14-12(3,10-13)4-5-15-6-8-18(16,17)9-7-15/h11,14H,4-9H2,1-3H3. The Morgan fingerprint density at radius 2 is 1.94 bits per heavy atom. The van der Waals surface area contributed by atoms with Crippen molar-refractivity contribution in [1.29, 1.82) is 5.26 Å². The SMILES string of the molecule is CC(C)NC(C)(C#N)CCN1CCS(=O)(=O)CC1. The molecule has 1 fully saturated rings. The molecule has 5 nitrogen and oxygen atoms in total. The third-order valence-corrected chi connectivity index (χ3v) is 4.83. The minimum atomic E-state index is -2.82. The summed E-state index contributed by atoms with van der Waals surface area (Å²) in [6, 6.07) is 2.57. The Hall–Kier alpha value is -0.640. The van der Waals surface area contributed by atoms with Gasteiger partial charge in [0.1, 0.15) is 5.54 Å². The maximum absolute atomic E-state index is 11.3. The molecule has 18 heavy (non-hydrogen) atoms. The number of rotatable bonds is 5. The number of nitrogens with zero attached hydrogens (tertiary/aromatic N) is 2. The third kappa shape index (κ3) is 4.92. The van der Waals surface area contributed by atoms with E-state index < -0.39 is 15.4 Å². The molecule has 6 heteroatoms. The first-order valence-corrected chi connectivity index (χ1v) is 8.20. The molecule has 0 aromatic carbocycles. The van der Waals surface area contributed by atoms with E-state index >= 15 is 0 Å². The first kappa shape index (κ1) is 15.4. The zero-order valence-corrected chi connectivity index (χ0v) is 12.3. The van der Waals surface area contributed by atoms with Crippen LogP contribution in [0.5, 0.6) is 0 Å². The van der Waals surface area contributed by atoms with E-state index in [1.165, 1.54) is 0 Å². The van der Waals surface area contributed by atoms with E-state index in [2.05, 4.69) is 16.3 Å². The highest BCUT2D eigenvalue weighted by Gasteiger charge is 2.27. The summed E-state index contributed by atoms with van der Waals surface area (Å²) in [6.45, 7) is 7.87. The molecule has 0 bridgehead atoms. The van der Waals surface area contributed by atoms with Gasteiger partial charge in [0, 0.05) is 25.7 Å². The van der Waals surface area contributed by atoms with Crippen LogP contribution in [0.25, 0.3) is 0 Å². The van der Waals surface area contributed by atoms with Gasteiger partial charge >= 0.3 is 0 Å². The normalized spacial score (nSPS) is 23.5. The van der Waals surface area contributed by atoms with Gasteiger partial charge in [-0.15, -0.1) is 0 Å². The van der Waals surface area contributed by atoms with Crippen molar-refractivity contribution in [3.63, 3.8) is 0 Å². The lowest BCUT2D eigenvalue weighted by Crippen LogP contribution is -2.48. The lowest BCUT2D eigenvalue weighted by Gasteiger charge is -2.31. The summed E-state index contributed by atoms with van der Waals surface area (Å²) in [5.41, 5.74) is -0.537. The smallest absolute Gasteiger partial charge is 0.152 e. The third-order valence-electron chi connectivity index (χ3n) is 3.22. The van der Waals surface area contributed by atoms with E-state index in [-0.39, 0.29) is 17.5 Å². The molecule has 104 valence electrons. The van der Waals surface area contributed by atoms with Crippen LogP contribution in [0.2, 0.25) is 0 Å². The first-order chi connectivity index (χ1) is 8.26. The Morgan fingerprint density at radius 3 is 2.39 bits per heavy atom. The van der Waals surface area contributed by atoms with Crippen molar-refractivity contribution in [2.24, 2.45) is 0 Å². The average molecular weight is 273 g/mol. The van der Waals surface area contributed by atoms with Crippen LogP contribution in [0.15, 0.2) is 0 Å². The Labute approximate surface area is 110 Å². The number of nitriles is 1. The maximum Gasteiger partial charge on any atom is 0.152 e. The molecule has 1 heterocycles. The van der Waals surface area contributed by atoms with E-state index in [1.54, 1.807) is 0 Å². The molecule has 1 unspecified atom stereocenters. The van der Waals surface area contributed by atoms with Gasteiger partial charge in [0.15, 0.2) is 9.84 Å². The van der Waals surface area contributed by atoms with Crippen LogP contribution in [-0.2, 0) is 9.84 Å². The summed E-state index contributed by atoms with van der Waals surface area (Å²) in [5, 5.41) is 12.5. The Balaban J connectivity index is 2.43. The second-order valence-electron chi connectivity index (χ2n) is 5.49. The van der Waals surface area contributed by atoms with Gasteiger partial charge in [0.25, 0.3) is 0 Å². The molecule has 0 radical (unpaired) electrons. The van der Waals surface area contributed by atoms with Gasteiger partial charge in [-0.05, 0) is 27.2 Å². The summed E-state index contributed by atoms with van der Waals surface area (Å²) < 4.78 is 22.6. The lowest BCUT2D eigenvalue weighted by molar-refractivity contribution is 0.255. The zero-order chi connectivity index (χ0) is 13.8. The largest absolute Gasteiger partial charge is 0.301 e. The number of hydrogen-bond acceptors (Lipinski definition) is 5. The van der Waals surface area contributed by atoms with Crippen molar-refractivity contribution < 1.29 is 8.42 Å². The molecule has 0 spiro atoms. The molecule has 1 atom stereocenters. The highest BCUT2D eigenvalue weighted by Crippen LogP contribution is 2.12. The van der Waals surface area contributed by atoms with Gasteiger partial charge in [-0.25, -0.2) is 8.42 Å². The highest BCUT2D eigenvalue weighted by molar-refractivity contribution is 7.91. The van der Waals surface area contributed by atoms with Gasteiger partial charge < -0.3 is 4.90 Å². The molecule has 1 aliphatic rings. The van der Waals surface area contributed by atoms with Crippen molar-refractivity contribution in [3.05, 3.63) is 0 Å². The first-order valence-electron chi connectivity index (χ1n) is 6.38. The summed E-state index contributed by atoms with van der Waals surface area (Å²) in [5.74, 6) is 0.488. The van der Waals surface area contributed by atoms with Crippen molar-refractivity contribution in [3.8, 4) is 6.07 Å². The van der Waals surface area contributed by atoms with E-state index in [4.69, 9.17) is 0 Å². The lowest BCUT2D eigenvalue weighted by atomic mass is 9.98. The highest BCUT2D eigenvalue weighted by atomic mass is 32.2. The Morgan fingerprint density at radius 1 is 1.39 bits per heavy atom. The minimum Gasteiger partial charge on any atom is -0.301 e. The predicted molar refractivity (Wildman–Crippen MR) is 72.0 cm³/mol. The quantitative estimate of drug-likeness (QED) is 0.784. The molecule has 0 aromatic rings. The van der Waals surface area contributed by atoms with Crippen LogP contribution in [0.4, 0.5) is 0 Å². The van der Waals surface area contributed by atoms with Crippen LogP contribution in [0.3, 0.4) is 0 Å². The van der Waals surface area contributed by atoms with Crippen molar-refractivity contribution >= 4 is 9.84 Å². The summed E-state index contributed by atoms with van der Waals surface area (Å²) in [6.07, 6.45) is 0.710. The molecule has 0 amide bonds. The van der Waals surface area contributed by atoms with Gasteiger partial charge in [-0.3, -0.25) is 5.32 Å². The van der Waals surface area contributed by atoms with Crippen molar-refractivity contribution in [1.82, 2.24) is 10.2 Å². The van der Waals surface area contributed by atoms with Crippen LogP contribution < -0.4 is 5.32 Å². The molecule has 1 saturated heterocycles. The van der Waals surface area contributed by atoms with E-state index in [1.807, 2.05) is 20.8 Å². The monoisotopic (exact) mass is 273 g/mol. The molecule has 0 aliphatic carbocycles. The molecule has 1 aliphatic heterocycles. The Kier molecular flexibility index (Phi) is 5.14. The van der Waals surface area contributed by atoms with E-state index in [9.17, 15) is 13.7 Å². The van der Waals surface area contributed by atoms with Crippen LogP contribution in [0, 0.1) is 11.3 Å². The number of nitrogens with one attached hydrogen (secondary N) is 1. The van der Waals surface area contributed by atoms with Crippen molar-refractivity contribution in [2.75, 3.05) is 31.1 Å². The predicted octanol–water partition coefficient (Wildman–Crippen LogP) is 0.387. The fourth-order valence-electron chi connectivity index (χ4n) is 2.15. The van der Waals surface area contributed by atoms with Crippen molar-refractivity contribution in [2.45, 2.75) is 38.8 Å². The summed E-state index contributed by atoms with van der Waals surface area (Å²) in [4.78, 5) is 2.12. The molecule has 0 saturated carbocycles. The van der Waals surface area contributed by atoms with Crippen LogP contribution in [-0.4, -0.2) is 56.0 Å². The summed E-state index contributed by atoms with van der Waals surface area (Å²) in [7, 11) is -2.82. The molecule has 0 aromatic heterocycles. The second kappa shape index (κ2) is 6.00. The molecular weight excluding hydrogens is 250 g/mol. The average Bonchev–Trinajstić information content (AvgIpc) is 2.27. The van der Waals surface area contributed by atoms with Gasteiger partial charge in [-0.2, -0.15) is 5.26 Å². The van der Waals surface area contributed by atoms with E-state index in [0.29, 0.717) is 19.5 Å². The second-order valence-corrected chi connectivity index (χ2v) is 7.79. The topological polar surface area (TPSA) is 73.2 Å². The Bertz CT molecular complexity index is 400. The van der Waals surface area contributed by atoms with Gasteiger partial charge in [-0.1, -0.05) is 0 Å².